The smallest absolute Gasteiger partial charge is 0.317 e. The van der Waals surface area contributed by atoms with E-state index in [0.29, 0.717) is 6.54 Å². The third-order valence-electron chi connectivity index (χ3n) is 5.04. The number of carbonyl (C=O) groups excluding carboxylic acids is 1. The maximum absolute atomic E-state index is 12.2. The SMILES string of the molecule is CN1CCN(CC2CCN(C(=O)NCc3ccsc3)CC2)CC1. The van der Waals surface area contributed by atoms with E-state index in [1.54, 1.807) is 11.3 Å². The van der Waals surface area contributed by atoms with Crippen LogP contribution in [0.4, 0.5) is 4.79 Å². The van der Waals surface area contributed by atoms with Gasteiger partial charge in [0.05, 0.1) is 0 Å². The third-order valence-corrected chi connectivity index (χ3v) is 5.77. The number of nitrogens with zero attached hydrogens (tertiary/aromatic N) is 3. The maximum atomic E-state index is 12.2. The molecule has 0 aromatic carbocycles. The standard InChI is InChI=1S/C17H28N4OS/c1-19-7-9-20(10-8-19)13-15-2-5-21(6-3-15)17(22)18-12-16-4-11-23-14-16/h4,11,14-15H,2-3,5-10,12-13H2,1H3,(H,18,22). The molecule has 2 amide bonds. The second-order valence-corrected chi connectivity index (χ2v) is 7.60. The van der Waals surface area contributed by atoms with Crippen LogP contribution >= 0.6 is 11.3 Å². The molecule has 0 aliphatic carbocycles. The Balaban J connectivity index is 1.35. The summed E-state index contributed by atoms with van der Waals surface area (Å²) in [5.41, 5.74) is 1.19. The van der Waals surface area contributed by atoms with Crippen molar-refractivity contribution in [3.63, 3.8) is 0 Å². The normalized spacial score (nSPS) is 21.5. The van der Waals surface area contributed by atoms with Gasteiger partial charge < -0.3 is 20.0 Å². The van der Waals surface area contributed by atoms with Crippen molar-refractivity contribution in [1.82, 2.24) is 20.0 Å². The third kappa shape index (κ3) is 4.93. The van der Waals surface area contributed by atoms with Crippen molar-refractivity contribution in [3.05, 3.63) is 22.4 Å². The number of urea groups is 1. The monoisotopic (exact) mass is 336 g/mol. The molecule has 3 rings (SSSR count). The molecule has 1 N–H and O–H groups in total. The zero-order valence-corrected chi connectivity index (χ0v) is 14.9. The maximum Gasteiger partial charge on any atom is 0.317 e. The van der Waals surface area contributed by atoms with Gasteiger partial charge in [-0.2, -0.15) is 11.3 Å². The lowest BCUT2D eigenvalue weighted by Gasteiger charge is -2.37. The number of carbonyl (C=O) groups is 1. The molecule has 1 aromatic heterocycles. The first-order chi connectivity index (χ1) is 11.2. The van der Waals surface area contributed by atoms with Gasteiger partial charge in [0, 0.05) is 52.4 Å². The van der Waals surface area contributed by atoms with Crippen LogP contribution in [0.1, 0.15) is 18.4 Å². The van der Waals surface area contributed by atoms with Crippen LogP contribution < -0.4 is 5.32 Å². The number of hydrogen-bond acceptors (Lipinski definition) is 4. The number of rotatable bonds is 4. The van der Waals surface area contributed by atoms with Gasteiger partial charge in [-0.05, 0) is 48.2 Å². The number of likely N-dealkylation sites (N-methyl/N-ethyl adjacent to an activating group) is 1. The average Bonchev–Trinajstić information content (AvgIpc) is 3.09. The molecule has 0 radical (unpaired) electrons. The van der Waals surface area contributed by atoms with Crippen molar-refractivity contribution < 1.29 is 4.79 Å². The first-order valence-electron chi connectivity index (χ1n) is 8.65. The van der Waals surface area contributed by atoms with E-state index in [4.69, 9.17) is 0 Å². The van der Waals surface area contributed by atoms with Crippen molar-refractivity contribution in [2.75, 3.05) is 52.9 Å². The largest absolute Gasteiger partial charge is 0.334 e. The van der Waals surface area contributed by atoms with E-state index in [9.17, 15) is 4.79 Å². The summed E-state index contributed by atoms with van der Waals surface area (Å²) in [5.74, 6) is 0.749. The van der Waals surface area contributed by atoms with Gasteiger partial charge in [-0.3, -0.25) is 0 Å². The number of amides is 2. The summed E-state index contributed by atoms with van der Waals surface area (Å²) < 4.78 is 0. The molecule has 6 heteroatoms. The summed E-state index contributed by atoms with van der Waals surface area (Å²) in [6.07, 6.45) is 2.27. The number of piperidine rings is 1. The van der Waals surface area contributed by atoms with Gasteiger partial charge in [0.1, 0.15) is 0 Å². The van der Waals surface area contributed by atoms with Crippen molar-refractivity contribution in [2.24, 2.45) is 5.92 Å². The Kier molecular flexibility index (Phi) is 5.91. The summed E-state index contributed by atoms with van der Waals surface area (Å²) in [6.45, 7) is 8.40. The highest BCUT2D eigenvalue weighted by Gasteiger charge is 2.25. The molecule has 2 saturated heterocycles. The summed E-state index contributed by atoms with van der Waals surface area (Å²) >= 11 is 1.67. The Bertz CT molecular complexity index is 477. The Morgan fingerprint density at radius 1 is 1.22 bits per heavy atom. The molecule has 0 unspecified atom stereocenters. The number of hydrogen-bond donors (Lipinski definition) is 1. The number of piperazine rings is 1. The highest BCUT2D eigenvalue weighted by molar-refractivity contribution is 7.07. The molecule has 0 saturated carbocycles. The fraction of sp³-hybridized carbons (Fsp3) is 0.706. The van der Waals surface area contributed by atoms with Crippen LogP contribution in [0.15, 0.2) is 16.8 Å². The molecule has 2 aliphatic heterocycles. The van der Waals surface area contributed by atoms with E-state index >= 15 is 0 Å². The molecule has 1 aromatic rings. The van der Waals surface area contributed by atoms with Crippen LogP contribution in [0.2, 0.25) is 0 Å². The number of thiophene rings is 1. The molecule has 2 fully saturated rings. The number of likely N-dealkylation sites (tertiary alicyclic amines) is 1. The molecule has 0 bridgehead atoms. The minimum absolute atomic E-state index is 0.0919. The molecule has 0 atom stereocenters. The molecule has 3 heterocycles. The van der Waals surface area contributed by atoms with E-state index in [1.165, 1.54) is 38.3 Å². The Labute approximate surface area is 143 Å². The van der Waals surface area contributed by atoms with Crippen LogP contribution in [0.5, 0.6) is 0 Å². The van der Waals surface area contributed by atoms with Crippen LogP contribution in [0.25, 0.3) is 0 Å². The molecular formula is C17H28N4OS. The van der Waals surface area contributed by atoms with Crippen LogP contribution in [-0.2, 0) is 6.54 Å². The van der Waals surface area contributed by atoms with Crippen molar-refractivity contribution in [3.8, 4) is 0 Å². The topological polar surface area (TPSA) is 38.8 Å². The summed E-state index contributed by atoms with van der Waals surface area (Å²) in [6, 6.07) is 2.15. The van der Waals surface area contributed by atoms with Gasteiger partial charge in [-0.25, -0.2) is 4.79 Å². The van der Waals surface area contributed by atoms with E-state index < -0.39 is 0 Å². The fourth-order valence-corrected chi connectivity index (χ4v) is 4.07. The minimum atomic E-state index is 0.0919. The summed E-state index contributed by atoms with van der Waals surface area (Å²) in [7, 11) is 2.20. The van der Waals surface area contributed by atoms with Gasteiger partial charge in [0.25, 0.3) is 0 Å². The predicted octanol–water partition coefficient (Wildman–Crippen LogP) is 1.92. The zero-order valence-electron chi connectivity index (χ0n) is 14.0. The minimum Gasteiger partial charge on any atom is -0.334 e. The van der Waals surface area contributed by atoms with Gasteiger partial charge in [0.2, 0.25) is 0 Å². The molecule has 5 nitrogen and oxygen atoms in total. The lowest BCUT2D eigenvalue weighted by molar-refractivity contribution is 0.111. The molecule has 23 heavy (non-hydrogen) atoms. The molecule has 2 aliphatic rings. The molecular weight excluding hydrogens is 308 g/mol. The number of nitrogens with one attached hydrogen (secondary N) is 1. The summed E-state index contributed by atoms with van der Waals surface area (Å²) in [4.78, 5) is 19.2. The van der Waals surface area contributed by atoms with Crippen LogP contribution in [-0.4, -0.2) is 73.6 Å². The lowest BCUT2D eigenvalue weighted by Crippen LogP contribution is -2.49. The van der Waals surface area contributed by atoms with E-state index in [2.05, 4.69) is 33.6 Å². The average molecular weight is 337 g/mol. The Hall–Kier alpha value is -1.11. The quantitative estimate of drug-likeness (QED) is 0.913. The van der Waals surface area contributed by atoms with Gasteiger partial charge in [-0.15, -0.1) is 0 Å². The van der Waals surface area contributed by atoms with Crippen molar-refractivity contribution in [2.45, 2.75) is 19.4 Å². The fourth-order valence-electron chi connectivity index (χ4n) is 3.40. The van der Waals surface area contributed by atoms with Gasteiger partial charge in [-0.1, -0.05) is 0 Å². The van der Waals surface area contributed by atoms with Crippen molar-refractivity contribution in [1.29, 1.82) is 0 Å². The lowest BCUT2D eigenvalue weighted by atomic mass is 9.96. The molecule has 128 valence electrons. The molecule has 0 spiro atoms. The van der Waals surface area contributed by atoms with Crippen LogP contribution in [0.3, 0.4) is 0 Å². The van der Waals surface area contributed by atoms with E-state index in [0.717, 1.165) is 31.8 Å². The second kappa shape index (κ2) is 8.13. The van der Waals surface area contributed by atoms with Crippen LogP contribution in [0, 0.1) is 5.92 Å². The first kappa shape index (κ1) is 16.7. The predicted molar refractivity (Wildman–Crippen MR) is 94.8 cm³/mol. The highest BCUT2D eigenvalue weighted by Crippen LogP contribution is 2.19. The second-order valence-electron chi connectivity index (χ2n) is 6.82. The Morgan fingerprint density at radius 2 is 1.96 bits per heavy atom. The highest BCUT2D eigenvalue weighted by atomic mass is 32.1. The Morgan fingerprint density at radius 3 is 2.61 bits per heavy atom. The summed E-state index contributed by atoms with van der Waals surface area (Å²) in [5, 5.41) is 7.17. The van der Waals surface area contributed by atoms with E-state index in [-0.39, 0.29) is 6.03 Å². The van der Waals surface area contributed by atoms with Gasteiger partial charge in [0.15, 0.2) is 0 Å². The van der Waals surface area contributed by atoms with Crippen molar-refractivity contribution >= 4 is 17.4 Å². The van der Waals surface area contributed by atoms with Gasteiger partial charge >= 0.3 is 6.03 Å². The zero-order chi connectivity index (χ0) is 16.1. The van der Waals surface area contributed by atoms with E-state index in [1.807, 2.05) is 10.3 Å². The first-order valence-corrected chi connectivity index (χ1v) is 9.60.